The molecule has 0 unspecified atom stereocenters. The number of carbonyl (C=O) groups is 2. The smallest absolute Gasteiger partial charge is 0.253 e. The van der Waals surface area contributed by atoms with Gasteiger partial charge in [-0.1, -0.05) is 0 Å². The van der Waals surface area contributed by atoms with E-state index in [4.69, 9.17) is 12.2 Å². The summed E-state index contributed by atoms with van der Waals surface area (Å²) in [4.78, 5) is 24.8. The second-order valence-corrected chi connectivity index (χ2v) is 5.40. The van der Waals surface area contributed by atoms with E-state index in [1.165, 1.54) is 4.90 Å². The van der Waals surface area contributed by atoms with Crippen LogP contribution in [0.4, 0.5) is 5.69 Å². The number of thiocarbonyl (C=S) groups is 1. The van der Waals surface area contributed by atoms with Crippen molar-refractivity contribution in [3.05, 3.63) is 29.8 Å². The summed E-state index contributed by atoms with van der Waals surface area (Å²) in [7, 11) is 3.41. The number of anilines is 1. The first kappa shape index (κ1) is 14.5. The second-order valence-electron chi connectivity index (χ2n) is 4.99. The SMILES string of the molecule is CN(C)C(=O)c1ccc(NC(=S)NC(=O)C2CC2)cc1. The van der Waals surface area contributed by atoms with Crippen molar-refractivity contribution in [1.29, 1.82) is 0 Å². The van der Waals surface area contributed by atoms with E-state index in [0.29, 0.717) is 5.56 Å². The third kappa shape index (κ3) is 3.77. The molecule has 5 nitrogen and oxygen atoms in total. The van der Waals surface area contributed by atoms with Crippen molar-refractivity contribution in [1.82, 2.24) is 10.2 Å². The van der Waals surface area contributed by atoms with Crippen LogP contribution in [0.25, 0.3) is 0 Å². The molecule has 2 N–H and O–H groups in total. The number of rotatable bonds is 3. The van der Waals surface area contributed by atoms with E-state index in [0.717, 1.165) is 18.5 Å². The lowest BCUT2D eigenvalue weighted by Crippen LogP contribution is -2.35. The van der Waals surface area contributed by atoms with Gasteiger partial charge in [0.2, 0.25) is 5.91 Å². The monoisotopic (exact) mass is 291 g/mol. The van der Waals surface area contributed by atoms with Crippen LogP contribution >= 0.6 is 12.2 Å². The first-order chi connectivity index (χ1) is 9.47. The number of carbonyl (C=O) groups excluding carboxylic acids is 2. The Morgan fingerprint density at radius 2 is 1.80 bits per heavy atom. The van der Waals surface area contributed by atoms with E-state index in [-0.39, 0.29) is 22.8 Å². The highest BCUT2D eigenvalue weighted by molar-refractivity contribution is 7.80. The maximum Gasteiger partial charge on any atom is 0.253 e. The Labute approximate surface area is 123 Å². The molecule has 0 aromatic heterocycles. The Morgan fingerprint density at radius 3 is 2.30 bits per heavy atom. The number of nitrogens with zero attached hydrogens (tertiary/aromatic N) is 1. The number of hydrogen-bond donors (Lipinski definition) is 2. The third-order valence-electron chi connectivity index (χ3n) is 2.98. The van der Waals surface area contributed by atoms with Gasteiger partial charge in [0.25, 0.3) is 5.91 Å². The third-order valence-corrected chi connectivity index (χ3v) is 3.18. The van der Waals surface area contributed by atoms with Crippen molar-refractivity contribution in [3.63, 3.8) is 0 Å². The van der Waals surface area contributed by atoms with E-state index < -0.39 is 0 Å². The summed E-state index contributed by atoms with van der Waals surface area (Å²) < 4.78 is 0. The predicted octanol–water partition coefficient (Wildman–Crippen LogP) is 1.61. The fraction of sp³-hybridized carbons (Fsp3) is 0.357. The lowest BCUT2D eigenvalue weighted by atomic mass is 10.2. The van der Waals surface area contributed by atoms with Crippen LogP contribution in [0.2, 0.25) is 0 Å². The number of amides is 2. The zero-order valence-electron chi connectivity index (χ0n) is 11.5. The van der Waals surface area contributed by atoms with E-state index in [2.05, 4.69) is 10.6 Å². The Kier molecular flexibility index (Phi) is 4.34. The minimum absolute atomic E-state index is 0.0260. The fourth-order valence-electron chi connectivity index (χ4n) is 1.68. The van der Waals surface area contributed by atoms with Gasteiger partial charge in [-0.25, -0.2) is 0 Å². The Balaban J connectivity index is 1.91. The molecule has 2 rings (SSSR count). The molecule has 0 aliphatic heterocycles. The molecule has 106 valence electrons. The van der Waals surface area contributed by atoms with Crippen LogP contribution in [0.15, 0.2) is 24.3 Å². The summed E-state index contributed by atoms with van der Waals surface area (Å²) in [5.41, 5.74) is 1.34. The normalized spacial score (nSPS) is 13.5. The van der Waals surface area contributed by atoms with Gasteiger partial charge < -0.3 is 15.5 Å². The topological polar surface area (TPSA) is 61.4 Å². The first-order valence-corrected chi connectivity index (χ1v) is 6.82. The predicted molar refractivity (Wildman–Crippen MR) is 81.5 cm³/mol. The molecule has 1 fully saturated rings. The summed E-state index contributed by atoms with van der Waals surface area (Å²) in [6, 6.07) is 6.95. The number of hydrogen-bond acceptors (Lipinski definition) is 3. The number of benzene rings is 1. The minimum Gasteiger partial charge on any atom is -0.345 e. The zero-order valence-corrected chi connectivity index (χ0v) is 12.3. The number of nitrogens with one attached hydrogen (secondary N) is 2. The van der Waals surface area contributed by atoms with Gasteiger partial charge in [0.1, 0.15) is 0 Å². The lowest BCUT2D eigenvalue weighted by Gasteiger charge is -2.12. The van der Waals surface area contributed by atoms with Gasteiger partial charge >= 0.3 is 0 Å². The second kappa shape index (κ2) is 6.00. The van der Waals surface area contributed by atoms with Crippen molar-refractivity contribution in [3.8, 4) is 0 Å². The highest BCUT2D eigenvalue weighted by Crippen LogP contribution is 2.28. The molecule has 0 atom stereocenters. The summed E-state index contributed by atoms with van der Waals surface area (Å²) in [5, 5.41) is 5.86. The Morgan fingerprint density at radius 1 is 1.20 bits per heavy atom. The maximum absolute atomic E-state index is 11.7. The first-order valence-electron chi connectivity index (χ1n) is 6.41. The minimum atomic E-state index is -0.0545. The summed E-state index contributed by atoms with van der Waals surface area (Å²) in [6.45, 7) is 0. The van der Waals surface area contributed by atoms with Gasteiger partial charge in [-0.2, -0.15) is 0 Å². The molecule has 1 aliphatic carbocycles. The Hall–Kier alpha value is -1.95. The van der Waals surface area contributed by atoms with E-state index in [1.807, 2.05) is 0 Å². The summed E-state index contributed by atoms with van der Waals surface area (Å²) in [5.74, 6) is 0.0397. The average Bonchev–Trinajstić information content (AvgIpc) is 3.22. The molecule has 0 saturated heterocycles. The molecule has 1 aromatic rings. The van der Waals surface area contributed by atoms with Crippen LogP contribution in [0.3, 0.4) is 0 Å². The molecule has 0 heterocycles. The van der Waals surface area contributed by atoms with Crippen LogP contribution in [-0.2, 0) is 4.79 Å². The van der Waals surface area contributed by atoms with Crippen LogP contribution in [-0.4, -0.2) is 35.9 Å². The van der Waals surface area contributed by atoms with E-state index in [1.54, 1.807) is 38.4 Å². The molecule has 0 bridgehead atoms. The lowest BCUT2D eigenvalue weighted by molar-refractivity contribution is -0.120. The van der Waals surface area contributed by atoms with E-state index >= 15 is 0 Å². The van der Waals surface area contributed by atoms with Gasteiger partial charge in [0.05, 0.1) is 0 Å². The highest BCUT2D eigenvalue weighted by atomic mass is 32.1. The molecule has 1 aromatic carbocycles. The molecule has 2 amide bonds. The zero-order chi connectivity index (χ0) is 14.7. The summed E-state index contributed by atoms with van der Waals surface area (Å²) >= 11 is 5.07. The van der Waals surface area contributed by atoms with Crippen LogP contribution in [0.5, 0.6) is 0 Å². The fourth-order valence-corrected chi connectivity index (χ4v) is 1.89. The van der Waals surface area contributed by atoms with Crippen LogP contribution in [0, 0.1) is 5.92 Å². The average molecular weight is 291 g/mol. The standard InChI is InChI=1S/C14H17N3O2S/c1-17(2)13(19)10-5-7-11(8-6-10)15-14(20)16-12(18)9-3-4-9/h5-9H,3-4H2,1-2H3,(H2,15,16,18,20). The van der Waals surface area contributed by atoms with Crippen LogP contribution < -0.4 is 10.6 Å². The maximum atomic E-state index is 11.7. The summed E-state index contributed by atoms with van der Waals surface area (Å²) in [6.07, 6.45) is 1.88. The van der Waals surface area contributed by atoms with Crippen molar-refractivity contribution in [2.24, 2.45) is 5.92 Å². The van der Waals surface area contributed by atoms with Gasteiger partial charge in [0, 0.05) is 31.3 Å². The molecule has 1 saturated carbocycles. The van der Waals surface area contributed by atoms with Gasteiger partial charge in [0.15, 0.2) is 5.11 Å². The Bertz CT molecular complexity index is 536. The van der Waals surface area contributed by atoms with Gasteiger partial charge in [-0.15, -0.1) is 0 Å². The van der Waals surface area contributed by atoms with Gasteiger partial charge in [-0.3, -0.25) is 9.59 Å². The quantitative estimate of drug-likeness (QED) is 0.831. The molecule has 6 heteroatoms. The largest absolute Gasteiger partial charge is 0.345 e. The van der Waals surface area contributed by atoms with Crippen molar-refractivity contribution in [2.45, 2.75) is 12.8 Å². The molecule has 0 radical (unpaired) electrons. The molecule has 0 spiro atoms. The van der Waals surface area contributed by atoms with E-state index in [9.17, 15) is 9.59 Å². The van der Waals surface area contributed by atoms with Crippen LogP contribution in [0.1, 0.15) is 23.2 Å². The molecule has 20 heavy (non-hydrogen) atoms. The van der Waals surface area contributed by atoms with Crippen molar-refractivity contribution >= 4 is 34.8 Å². The molecule has 1 aliphatic rings. The molecular formula is C14H17N3O2S. The van der Waals surface area contributed by atoms with Gasteiger partial charge in [-0.05, 0) is 49.3 Å². The molecular weight excluding hydrogens is 274 g/mol. The highest BCUT2D eigenvalue weighted by Gasteiger charge is 2.29. The van der Waals surface area contributed by atoms with Crippen molar-refractivity contribution < 1.29 is 9.59 Å². The van der Waals surface area contributed by atoms with Crippen molar-refractivity contribution in [2.75, 3.05) is 19.4 Å².